The second-order valence-electron chi connectivity index (χ2n) is 8.96. The molecule has 0 aliphatic heterocycles. The van der Waals surface area contributed by atoms with Crippen LogP contribution in [0.5, 0.6) is 23.0 Å². The van der Waals surface area contributed by atoms with Crippen molar-refractivity contribution in [3.05, 3.63) is 119 Å². The van der Waals surface area contributed by atoms with Crippen LogP contribution in [0.4, 0.5) is 0 Å². The molecule has 0 aromatic heterocycles. The Morgan fingerprint density at radius 2 is 0.846 bits per heavy atom. The maximum atomic E-state index is 6.47. The van der Waals surface area contributed by atoms with Gasteiger partial charge in [0.15, 0.2) is 8.37 Å². The molecule has 0 amide bonds. The van der Waals surface area contributed by atoms with E-state index in [2.05, 4.69) is 9.37 Å². The fourth-order valence-electron chi connectivity index (χ4n) is 3.29. The molecule has 0 aliphatic rings. The van der Waals surface area contributed by atoms with Crippen LogP contribution >= 0.6 is 24.6 Å². The molecule has 0 heterocycles. The number of benzene rings is 4. The highest BCUT2D eigenvalue weighted by Gasteiger charge is 2.35. The summed E-state index contributed by atoms with van der Waals surface area (Å²) in [7, 11) is -7.13. The molecule has 4 aromatic carbocycles. The molecule has 0 aliphatic carbocycles. The largest absolute Gasteiger partial charge is 0.427 e. The molecule has 5 N–H and O–H groups in total. The second-order valence-corrected chi connectivity index (χ2v) is 13.5. The summed E-state index contributed by atoms with van der Waals surface area (Å²) in [4.78, 5) is 3.33. The topological polar surface area (TPSA) is 113 Å². The standard InChI is InChI=1S/C28H33N4O4P3/c1-21-5-13-25(14-6-21)33-38(34-26-15-7-22(2)8-16-26)32-39(31-37(29)30,35-27-17-9-23(3)10-18-27)36-28-19-11-24(4)12-20-28/h5-20,32H,29-30H2,1-4H3. The van der Waals surface area contributed by atoms with Crippen molar-refractivity contribution in [2.75, 3.05) is 0 Å². The SMILES string of the molecule is Cc1ccc(OP(NP(=NP(N)N)(Oc2ccc(C)cc2)Oc2ccc(C)cc2)Oc2ccc(C)cc2)cc1. The highest BCUT2D eigenvalue weighted by atomic mass is 31.3. The second kappa shape index (κ2) is 13.4. The van der Waals surface area contributed by atoms with E-state index in [1.54, 1.807) is 0 Å². The third kappa shape index (κ3) is 9.05. The summed E-state index contributed by atoms with van der Waals surface area (Å²) in [6.45, 7) is 8.03. The molecule has 0 spiro atoms. The van der Waals surface area contributed by atoms with Gasteiger partial charge in [-0.05, 0) is 76.2 Å². The van der Waals surface area contributed by atoms with Crippen LogP contribution in [0.25, 0.3) is 0 Å². The van der Waals surface area contributed by atoms with Gasteiger partial charge >= 0.3 is 16.2 Å². The number of nitrogens with two attached hydrogens (primary N) is 2. The van der Waals surface area contributed by atoms with Crippen LogP contribution < -0.4 is 34.0 Å². The van der Waals surface area contributed by atoms with E-state index in [1.807, 2.05) is 125 Å². The molecule has 204 valence electrons. The molecule has 0 radical (unpaired) electrons. The van der Waals surface area contributed by atoms with E-state index in [0.29, 0.717) is 23.0 Å². The minimum atomic E-state index is -3.44. The zero-order chi connectivity index (χ0) is 27.8. The van der Waals surface area contributed by atoms with Crippen LogP contribution in [0.15, 0.2) is 102 Å². The van der Waals surface area contributed by atoms with E-state index < -0.39 is 24.6 Å². The quantitative estimate of drug-likeness (QED) is 0.152. The van der Waals surface area contributed by atoms with Gasteiger partial charge in [-0.2, -0.15) is 4.52 Å². The first kappa shape index (κ1) is 29.0. The Morgan fingerprint density at radius 1 is 0.538 bits per heavy atom. The highest BCUT2D eigenvalue weighted by molar-refractivity contribution is 7.71. The molecule has 8 nitrogen and oxygen atoms in total. The maximum absolute atomic E-state index is 6.47. The number of hydrogen-bond acceptors (Lipinski definition) is 7. The van der Waals surface area contributed by atoms with E-state index in [0.717, 1.165) is 22.3 Å². The number of nitrogens with one attached hydrogen (secondary N) is 1. The normalized spacial score (nSPS) is 11.4. The van der Waals surface area contributed by atoms with Crippen LogP contribution in [-0.4, -0.2) is 0 Å². The van der Waals surface area contributed by atoms with Crippen molar-refractivity contribution in [2.24, 2.45) is 15.5 Å². The fourth-order valence-corrected chi connectivity index (χ4v) is 8.18. The van der Waals surface area contributed by atoms with Gasteiger partial charge < -0.3 is 18.1 Å². The van der Waals surface area contributed by atoms with Gasteiger partial charge in [0.1, 0.15) is 23.0 Å². The van der Waals surface area contributed by atoms with Crippen molar-refractivity contribution in [1.82, 2.24) is 4.86 Å². The Morgan fingerprint density at radius 3 is 1.15 bits per heavy atom. The molecule has 0 bridgehead atoms. The first-order chi connectivity index (χ1) is 18.7. The van der Waals surface area contributed by atoms with Crippen molar-refractivity contribution in [3.63, 3.8) is 0 Å². The molecule has 0 atom stereocenters. The van der Waals surface area contributed by atoms with Gasteiger partial charge in [-0.15, -0.1) is 4.86 Å². The van der Waals surface area contributed by atoms with E-state index in [1.165, 1.54) is 0 Å². The van der Waals surface area contributed by atoms with Crippen LogP contribution in [0.2, 0.25) is 0 Å². The van der Waals surface area contributed by atoms with Gasteiger partial charge in [0.25, 0.3) is 0 Å². The molecular formula is C28H33N4O4P3. The first-order valence-electron chi connectivity index (χ1n) is 12.2. The summed E-state index contributed by atoms with van der Waals surface area (Å²) >= 11 is 0. The molecule has 4 aromatic rings. The van der Waals surface area contributed by atoms with Gasteiger partial charge in [-0.25, -0.2) is 0 Å². The Hall–Kier alpha value is -2.95. The smallest absolute Gasteiger partial charge is 0.409 e. The summed E-state index contributed by atoms with van der Waals surface area (Å²) in [5.74, 6) is 2.29. The van der Waals surface area contributed by atoms with Crippen molar-refractivity contribution < 1.29 is 18.1 Å². The van der Waals surface area contributed by atoms with E-state index in [-0.39, 0.29) is 0 Å². The van der Waals surface area contributed by atoms with Crippen LogP contribution in [0.3, 0.4) is 0 Å². The van der Waals surface area contributed by atoms with Crippen LogP contribution in [0, 0.1) is 27.7 Å². The Balaban J connectivity index is 1.76. The van der Waals surface area contributed by atoms with E-state index in [4.69, 9.17) is 29.1 Å². The number of aryl methyl sites for hydroxylation is 4. The monoisotopic (exact) mass is 582 g/mol. The van der Waals surface area contributed by atoms with Gasteiger partial charge in [-0.3, -0.25) is 11.0 Å². The molecule has 39 heavy (non-hydrogen) atoms. The zero-order valence-electron chi connectivity index (χ0n) is 22.3. The molecule has 0 fully saturated rings. The Bertz CT molecular complexity index is 1300. The van der Waals surface area contributed by atoms with Crippen LogP contribution in [-0.2, 0) is 0 Å². The average Bonchev–Trinajstić information content (AvgIpc) is 2.89. The summed E-state index contributed by atoms with van der Waals surface area (Å²) in [5, 5.41) is 0. The third-order valence-corrected chi connectivity index (χ3v) is 10.5. The molecule has 0 saturated heterocycles. The summed E-state index contributed by atoms with van der Waals surface area (Å²) in [5.41, 5.74) is 16.5. The van der Waals surface area contributed by atoms with Crippen molar-refractivity contribution in [1.29, 1.82) is 0 Å². The lowest BCUT2D eigenvalue weighted by Crippen LogP contribution is -2.20. The number of hydrogen-bond donors (Lipinski definition) is 3. The van der Waals surface area contributed by atoms with Crippen molar-refractivity contribution in [3.8, 4) is 23.0 Å². The predicted molar refractivity (Wildman–Crippen MR) is 162 cm³/mol. The predicted octanol–water partition coefficient (Wildman–Crippen LogP) is 8.44. The molecule has 11 heteroatoms. The van der Waals surface area contributed by atoms with Gasteiger partial charge in [0, 0.05) is 0 Å². The first-order valence-corrected chi connectivity index (χ1v) is 16.4. The average molecular weight is 583 g/mol. The lowest BCUT2D eigenvalue weighted by molar-refractivity contribution is 0.451. The third-order valence-electron chi connectivity index (χ3n) is 5.35. The molecular weight excluding hydrogens is 549 g/mol. The van der Waals surface area contributed by atoms with Crippen molar-refractivity contribution in [2.45, 2.75) is 27.7 Å². The molecule has 4 rings (SSSR count). The van der Waals surface area contributed by atoms with E-state index >= 15 is 0 Å². The van der Waals surface area contributed by atoms with E-state index in [9.17, 15) is 0 Å². The van der Waals surface area contributed by atoms with Crippen LogP contribution in [0.1, 0.15) is 22.3 Å². The molecule has 0 saturated carbocycles. The van der Waals surface area contributed by atoms with Crippen molar-refractivity contribution >= 4 is 24.6 Å². The Kier molecular flexibility index (Phi) is 9.99. The number of rotatable bonds is 11. The lowest BCUT2D eigenvalue weighted by atomic mass is 10.2. The summed E-state index contributed by atoms with van der Waals surface area (Å²) < 4.78 is 30.2. The van der Waals surface area contributed by atoms with Gasteiger partial charge in [0.05, 0.1) is 0 Å². The van der Waals surface area contributed by atoms with Gasteiger partial charge in [-0.1, -0.05) is 70.8 Å². The molecule has 0 unspecified atom stereocenters. The zero-order valence-corrected chi connectivity index (χ0v) is 25.0. The summed E-state index contributed by atoms with van der Waals surface area (Å²) in [6, 6.07) is 30.5. The lowest BCUT2D eigenvalue weighted by Gasteiger charge is -2.29. The summed E-state index contributed by atoms with van der Waals surface area (Å²) in [6.07, 6.45) is 0. The Labute approximate surface area is 232 Å². The minimum absolute atomic E-state index is 0.537. The maximum Gasteiger partial charge on any atom is 0.409 e. The minimum Gasteiger partial charge on any atom is -0.427 e. The van der Waals surface area contributed by atoms with Gasteiger partial charge in [0.2, 0.25) is 0 Å². The fraction of sp³-hybridized carbons (Fsp3) is 0.143. The highest BCUT2D eigenvalue weighted by Crippen LogP contribution is 2.58. The number of nitrogens with zero attached hydrogens (tertiary/aromatic N) is 1.